The molecule has 1 aliphatic carbocycles. The van der Waals surface area contributed by atoms with Gasteiger partial charge in [-0.3, -0.25) is 9.59 Å². The summed E-state index contributed by atoms with van der Waals surface area (Å²) < 4.78 is 39.0. The summed E-state index contributed by atoms with van der Waals surface area (Å²) in [5.41, 5.74) is 0.383. The van der Waals surface area contributed by atoms with E-state index in [0.29, 0.717) is 11.6 Å². The predicted octanol–water partition coefficient (Wildman–Crippen LogP) is 7.19. The summed E-state index contributed by atoms with van der Waals surface area (Å²) in [7, 11) is 0. The number of benzene rings is 3. The highest BCUT2D eigenvalue weighted by atomic mass is 35.5. The van der Waals surface area contributed by atoms with Crippen molar-refractivity contribution in [2.45, 2.75) is 10.3 Å². The topological polar surface area (TPSA) is 58.2 Å². The molecule has 0 unspecified atom stereocenters. The summed E-state index contributed by atoms with van der Waals surface area (Å²) in [6.07, 6.45) is 0. The molecule has 2 atom stereocenters. The van der Waals surface area contributed by atoms with E-state index in [1.54, 1.807) is 0 Å². The largest absolute Gasteiger partial charge is 0.326 e. The molecule has 0 saturated heterocycles. The molecule has 3 aromatic rings. The standard InChI is InChI=1S/C23H13Cl4F3N2O2/c24-14-4-3-12(9-13(14)21(33)32-18-6-2-11(28)8-17(18)30)31-22(34)20-19(23(20,26)27)10-1-5-16(29)15(25)7-10/h1-9,19-20H,(H,31,34)(H,32,33)/t19-,20+/m1/s1. The Morgan fingerprint density at radius 2 is 1.56 bits per heavy atom. The second-order valence-corrected chi connectivity index (χ2v) is 9.82. The number of carbonyl (C=O) groups is 2. The zero-order chi connectivity index (χ0) is 24.8. The van der Waals surface area contributed by atoms with Crippen molar-refractivity contribution in [1.82, 2.24) is 0 Å². The monoisotopic (exact) mass is 546 g/mol. The van der Waals surface area contributed by atoms with Gasteiger partial charge in [-0.2, -0.15) is 0 Å². The lowest BCUT2D eigenvalue weighted by Gasteiger charge is -2.11. The highest BCUT2D eigenvalue weighted by Gasteiger charge is 2.67. The van der Waals surface area contributed by atoms with Gasteiger partial charge in [0.2, 0.25) is 5.91 Å². The number of amides is 2. The molecule has 11 heteroatoms. The van der Waals surface area contributed by atoms with E-state index in [9.17, 15) is 22.8 Å². The smallest absolute Gasteiger partial charge is 0.257 e. The molecule has 0 spiro atoms. The molecule has 0 heterocycles. The Hall–Kier alpha value is -2.45. The number of carbonyl (C=O) groups excluding carboxylic acids is 2. The van der Waals surface area contributed by atoms with Gasteiger partial charge >= 0.3 is 0 Å². The average Bonchev–Trinajstić information content (AvgIpc) is 3.35. The van der Waals surface area contributed by atoms with Crippen molar-refractivity contribution in [3.63, 3.8) is 0 Å². The van der Waals surface area contributed by atoms with Crippen molar-refractivity contribution in [3.05, 3.63) is 93.2 Å². The molecule has 0 bridgehead atoms. The van der Waals surface area contributed by atoms with Crippen LogP contribution in [0.1, 0.15) is 21.8 Å². The van der Waals surface area contributed by atoms with E-state index in [2.05, 4.69) is 10.6 Å². The third kappa shape index (κ3) is 4.84. The van der Waals surface area contributed by atoms with Gasteiger partial charge in [0.05, 0.1) is 27.2 Å². The number of hydrogen-bond donors (Lipinski definition) is 2. The van der Waals surface area contributed by atoms with Crippen molar-refractivity contribution in [2.75, 3.05) is 10.6 Å². The Morgan fingerprint density at radius 3 is 2.24 bits per heavy atom. The first-order valence-corrected chi connectivity index (χ1v) is 11.2. The molecular weight excluding hydrogens is 535 g/mol. The van der Waals surface area contributed by atoms with Crippen LogP contribution < -0.4 is 10.6 Å². The van der Waals surface area contributed by atoms with E-state index in [-0.39, 0.29) is 27.0 Å². The fraction of sp³-hybridized carbons (Fsp3) is 0.130. The molecule has 176 valence electrons. The summed E-state index contributed by atoms with van der Waals surface area (Å²) in [5.74, 6) is -5.21. The molecular formula is C23H13Cl4F3N2O2. The molecule has 1 saturated carbocycles. The quantitative estimate of drug-likeness (QED) is 0.332. The normalized spacial score (nSPS) is 18.3. The number of alkyl halides is 2. The minimum atomic E-state index is -1.45. The third-order valence-electron chi connectivity index (χ3n) is 5.30. The minimum absolute atomic E-state index is 0.0345. The zero-order valence-electron chi connectivity index (χ0n) is 16.8. The Bertz CT molecular complexity index is 1320. The van der Waals surface area contributed by atoms with Crippen LogP contribution in [0.5, 0.6) is 0 Å². The second kappa shape index (κ2) is 9.30. The first kappa shape index (κ1) is 24.7. The predicted molar refractivity (Wildman–Crippen MR) is 126 cm³/mol. The number of rotatable bonds is 5. The second-order valence-electron chi connectivity index (χ2n) is 7.57. The molecule has 1 fully saturated rings. The number of anilines is 2. The van der Waals surface area contributed by atoms with Gasteiger partial charge in [-0.15, -0.1) is 23.2 Å². The van der Waals surface area contributed by atoms with Gasteiger partial charge in [0.1, 0.15) is 21.8 Å². The Balaban J connectivity index is 1.51. The van der Waals surface area contributed by atoms with Crippen LogP contribution in [0.25, 0.3) is 0 Å². The van der Waals surface area contributed by atoms with E-state index in [1.807, 2.05) is 0 Å². The van der Waals surface area contributed by atoms with Gasteiger partial charge < -0.3 is 10.6 Å². The summed E-state index contributed by atoms with van der Waals surface area (Å²) in [4.78, 5) is 25.5. The maximum atomic E-state index is 13.9. The maximum Gasteiger partial charge on any atom is 0.257 e. The van der Waals surface area contributed by atoms with E-state index in [1.165, 1.54) is 30.3 Å². The van der Waals surface area contributed by atoms with Crippen LogP contribution >= 0.6 is 46.4 Å². The van der Waals surface area contributed by atoms with E-state index < -0.39 is 45.4 Å². The van der Waals surface area contributed by atoms with E-state index in [4.69, 9.17) is 46.4 Å². The maximum absolute atomic E-state index is 13.9. The summed E-state index contributed by atoms with van der Waals surface area (Å²) in [6, 6.07) is 10.7. The van der Waals surface area contributed by atoms with Gasteiger partial charge in [0.25, 0.3) is 5.91 Å². The SMILES string of the molecule is O=C(Nc1ccc(F)cc1F)c1cc(NC(=O)[C@@H]2[C@@H](c3ccc(F)c(Cl)c3)C2(Cl)Cl)ccc1Cl. The van der Waals surface area contributed by atoms with Crippen LogP contribution in [0.4, 0.5) is 24.5 Å². The summed E-state index contributed by atoms with van der Waals surface area (Å²) in [5, 5.41) is 4.82. The Kier molecular flexibility index (Phi) is 6.75. The third-order valence-corrected chi connectivity index (χ3v) is 6.86. The summed E-state index contributed by atoms with van der Waals surface area (Å²) >= 11 is 24.5. The van der Waals surface area contributed by atoms with Gasteiger partial charge in [-0.25, -0.2) is 13.2 Å². The zero-order valence-corrected chi connectivity index (χ0v) is 19.8. The van der Waals surface area contributed by atoms with Gasteiger partial charge in [0, 0.05) is 17.7 Å². The van der Waals surface area contributed by atoms with Crippen LogP contribution in [-0.2, 0) is 4.79 Å². The van der Waals surface area contributed by atoms with E-state index >= 15 is 0 Å². The van der Waals surface area contributed by atoms with Crippen molar-refractivity contribution in [2.24, 2.45) is 5.92 Å². The first-order chi connectivity index (χ1) is 16.0. The molecule has 0 aliphatic heterocycles. The molecule has 34 heavy (non-hydrogen) atoms. The van der Waals surface area contributed by atoms with Crippen LogP contribution in [0.2, 0.25) is 10.0 Å². The minimum Gasteiger partial charge on any atom is -0.326 e. The van der Waals surface area contributed by atoms with Crippen LogP contribution in [0.15, 0.2) is 54.6 Å². The molecule has 3 aromatic carbocycles. The number of hydrogen-bond acceptors (Lipinski definition) is 2. The Labute approximate surface area is 211 Å². The van der Waals surface area contributed by atoms with Gasteiger partial charge in [0.15, 0.2) is 0 Å². The fourth-order valence-electron chi connectivity index (χ4n) is 3.55. The Morgan fingerprint density at radius 1 is 0.824 bits per heavy atom. The molecule has 0 radical (unpaired) electrons. The number of nitrogens with one attached hydrogen (secondary N) is 2. The van der Waals surface area contributed by atoms with Crippen molar-refractivity contribution >= 4 is 69.6 Å². The number of halogens is 7. The molecule has 4 rings (SSSR count). The van der Waals surface area contributed by atoms with Crippen LogP contribution in [0, 0.1) is 23.4 Å². The summed E-state index contributed by atoms with van der Waals surface area (Å²) in [6.45, 7) is 0. The van der Waals surface area contributed by atoms with Crippen molar-refractivity contribution in [1.29, 1.82) is 0 Å². The average molecular weight is 548 g/mol. The highest BCUT2D eigenvalue weighted by molar-refractivity contribution is 6.53. The molecule has 4 nitrogen and oxygen atoms in total. The van der Waals surface area contributed by atoms with Crippen LogP contribution in [-0.4, -0.2) is 16.1 Å². The fourth-order valence-corrected chi connectivity index (χ4v) is 4.77. The van der Waals surface area contributed by atoms with Crippen LogP contribution in [0.3, 0.4) is 0 Å². The molecule has 2 N–H and O–H groups in total. The van der Waals surface area contributed by atoms with Gasteiger partial charge in [-0.1, -0.05) is 29.3 Å². The first-order valence-electron chi connectivity index (χ1n) is 9.68. The lowest BCUT2D eigenvalue weighted by molar-refractivity contribution is -0.117. The molecule has 2 amide bonds. The molecule has 0 aromatic heterocycles. The van der Waals surface area contributed by atoms with Crippen molar-refractivity contribution < 1.29 is 22.8 Å². The molecule has 1 aliphatic rings. The highest BCUT2D eigenvalue weighted by Crippen LogP contribution is 2.65. The lowest BCUT2D eigenvalue weighted by Crippen LogP contribution is -2.18. The lowest BCUT2D eigenvalue weighted by atomic mass is 10.1. The van der Waals surface area contributed by atoms with Gasteiger partial charge in [-0.05, 0) is 48.0 Å². The van der Waals surface area contributed by atoms with E-state index in [0.717, 1.165) is 18.2 Å². The van der Waals surface area contributed by atoms with Crippen molar-refractivity contribution in [3.8, 4) is 0 Å².